The average molecular weight is 280 g/mol. The van der Waals surface area contributed by atoms with Crippen molar-refractivity contribution in [2.24, 2.45) is 0 Å². The molecule has 0 amide bonds. The molecule has 0 aliphatic carbocycles. The summed E-state index contributed by atoms with van der Waals surface area (Å²) in [5.74, 6) is -0.898. The van der Waals surface area contributed by atoms with Gasteiger partial charge < -0.3 is 5.11 Å². The predicted octanol–water partition coefficient (Wildman–Crippen LogP) is 4.85. The summed E-state index contributed by atoms with van der Waals surface area (Å²) in [7, 11) is 0. The zero-order valence-corrected chi connectivity index (χ0v) is 12.7. The van der Waals surface area contributed by atoms with E-state index >= 15 is 0 Å². The normalized spacial score (nSPS) is 11.5. The molecule has 2 rings (SSSR count). The summed E-state index contributed by atoms with van der Waals surface area (Å²) in [5, 5.41) is 8.89. The van der Waals surface area contributed by atoms with E-state index in [0.29, 0.717) is 6.42 Å². The third kappa shape index (κ3) is 3.60. The third-order valence-electron chi connectivity index (χ3n) is 3.77. The molecule has 0 atom stereocenters. The number of allylic oxidation sites excluding steroid dienone is 1. The first-order chi connectivity index (χ1) is 10.0. The largest absolute Gasteiger partial charge is 0.478 e. The molecule has 0 unspecified atom stereocenters. The highest BCUT2D eigenvalue weighted by Gasteiger charge is 2.04. The van der Waals surface area contributed by atoms with Crippen LogP contribution in [0.2, 0.25) is 0 Å². The number of aliphatic carboxylic acids is 1. The molecule has 2 aromatic rings. The highest BCUT2D eigenvalue weighted by Crippen LogP contribution is 2.25. The van der Waals surface area contributed by atoms with Crippen molar-refractivity contribution in [1.82, 2.24) is 0 Å². The van der Waals surface area contributed by atoms with Gasteiger partial charge in [-0.05, 0) is 53.7 Å². The topological polar surface area (TPSA) is 37.3 Å². The molecule has 0 saturated heterocycles. The molecule has 1 N–H and O–H groups in total. The second-order valence-corrected chi connectivity index (χ2v) is 5.24. The van der Waals surface area contributed by atoms with Gasteiger partial charge in [-0.1, -0.05) is 49.4 Å². The number of hydrogen-bond donors (Lipinski definition) is 1. The van der Waals surface area contributed by atoms with Crippen LogP contribution in [0.15, 0.2) is 48.5 Å². The van der Waals surface area contributed by atoms with Crippen molar-refractivity contribution < 1.29 is 9.90 Å². The van der Waals surface area contributed by atoms with Gasteiger partial charge in [-0.3, -0.25) is 0 Å². The molecule has 0 spiro atoms. The lowest BCUT2D eigenvalue weighted by Crippen LogP contribution is -1.92. The number of aryl methyl sites for hydroxylation is 2. The number of hydrogen-bond acceptors (Lipinski definition) is 1. The van der Waals surface area contributed by atoms with Gasteiger partial charge >= 0.3 is 5.97 Å². The minimum absolute atomic E-state index is 0.704. The van der Waals surface area contributed by atoms with E-state index in [4.69, 9.17) is 5.11 Å². The number of carboxylic acid groups (broad SMARTS) is 1. The van der Waals surface area contributed by atoms with E-state index in [1.807, 2.05) is 31.2 Å². The van der Waals surface area contributed by atoms with Gasteiger partial charge in [0.1, 0.15) is 0 Å². The van der Waals surface area contributed by atoms with E-state index in [1.165, 1.54) is 22.8 Å². The standard InChI is InChI=1S/C19H20O2/c1-4-15(12-19(20)21)16-7-9-17(10-8-16)18-6-5-13(2)14(3)11-18/h5-12H,4H2,1-3H3,(H,20,21)/b15-12+. The van der Waals surface area contributed by atoms with Crippen molar-refractivity contribution in [3.63, 3.8) is 0 Å². The highest BCUT2D eigenvalue weighted by atomic mass is 16.4. The molecule has 21 heavy (non-hydrogen) atoms. The van der Waals surface area contributed by atoms with E-state index in [0.717, 1.165) is 16.7 Å². The highest BCUT2D eigenvalue weighted by molar-refractivity contribution is 5.90. The van der Waals surface area contributed by atoms with Gasteiger partial charge in [0.2, 0.25) is 0 Å². The van der Waals surface area contributed by atoms with Crippen molar-refractivity contribution in [3.05, 3.63) is 65.2 Å². The van der Waals surface area contributed by atoms with E-state index in [-0.39, 0.29) is 0 Å². The van der Waals surface area contributed by atoms with Gasteiger partial charge in [-0.2, -0.15) is 0 Å². The lowest BCUT2D eigenvalue weighted by Gasteiger charge is -2.08. The summed E-state index contributed by atoms with van der Waals surface area (Å²) in [6.45, 7) is 6.18. The second kappa shape index (κ2) is 6.40. The minimum Gasteiger partial charge on any atom is -0.478 e. The van der Waals surface area contributed by atoms with Gasteiger partial charge in [0.25, 0.3) is 0 Å². The van der Waals surface area contributed by atoms with E-state index in [2.05, 4.69) is 32.0 Å². The lowest BCUT2D eigenvalue weighted by molar-refractivity contribution is -0.131. The molecular formula is C19H20O2. The minimum atomic E-state index is -0.898. The Labute approximate surface area is 125 Å². The Balaban J connectivity index is 2.34. The van der Waals surface area contributed by atoms with Crippen molar-refractivity contribution in [2.75, 3.05) is 0 Å². The average Bonchev–Trinajstić information content (AvgIpc) is 2.47. The quantitative estimate of drug-likeness (QED) is 0.813. The maximum Gasteiger partial charge on any atom is 0.328 e. The van der Waals surface area contributed by atoms with Gasteiger partial charge in [0.15, 0.2) is 0 Å². The summed E-state index contributed by atoms with van der Waals surface area (Å²) in [5.41, 5.74) is 6.70. The fraction of sp³-hybridized carbons (Fsp3) is 0.211. The molecule has 0 heterocycles. The molecule has 2 aromatic carbocycles. The molecule has 2 nitrogen and oxygen atoms in total. The van der Waals surface area contributed by atoms with Crippen molar-refractivity contribution in [2.45, 2.75) is 27.2 Å². The number of carbonyl (C=O) groups is 1. The summed E-state index contributed by atoms with van der Waals surface area (Å²) >= 11 is 0. The zero-order chi connectivity index (χ0) is 15.4. The zero-order valence-electron chi connectivity index (χ0n) is 12.7. The van der Waals surface area contributed by atoms with Crippen molar-refractivity contribution >= 4 is 11.5 Å². The Bertz CT molecular complexity index is 679. The van der Waals surface area contributed by atoms with Crippen LogP contribution in [-0.4, -0.2) is 11.1 Å². The van der Waals surface area contributed by atoms with E-state index in [1.54, 1.807) is 0 Å². The molecule has 108 valence electrons. The molecule has 0 fully saturated rings. The summed E-state index contributed by atoms with van der Waals surface area (Å²) in [6.07, 6.45) is 1.99. The Morgan fingerprint density at radius 1 is 1.00 bits per heavy atom. The smallest absolute Gasteiger partial charge is 0.328 e. The van der Waals surface area contributed by atoms with Crippen molar-refractivity contribution in [3.8, 4) is 11.1 Å². The molecule has 0 radical (unpaired) electrons. The maximum atomic E-state index is 10.8. The van der Waals surface area contributed by atoms with Gasteiger partial charge in [0.05, 0.1) is 0 Å². The first-order valence-corrected chi connectivity index (χ1v) is 7.13. The Hall–Kier alpha value is -2.35. The van der Waals surface area contributed by atoms with Crippen LogP contribution >= 0.6 is 0 Å². The van der Waals surface area contributed by atoms with Crippen LogP contribution in [0.5, 0.6) is 0 Å². The second-order valence-electron chi connectivity index (χ2n) is 5.24. The van der Waals surface area contributed by atoms with Crippen LogP contribution in [0.1, 0.15) is 30.0 Å². The molecular weight excluding hydrogens is 260 g/mol. The first kappa shape index (κ1) is 15.0. The van der Waals surface area contributed by atoms with Crippen molar-refractivity contribution in [1.29, 1.82) is 0 Å². The van der Waals surface area contributed by atoms with E-state index < -0.39 is 5.97 Å². The molecule has 0 saturated carbocycles. The monoisotopic (exact) mass is 280 g/mol. The maximum absolute atomic E-state index is 10.8. The Kier molecular flexibility index (Phi) is 4.59. The number of benzene rings is 2. The predicted molar refractivity (Wildman–Crippen MR) is 87.3 cm³/mol. The lowest BCUT2D eigenvalue weighted by atomic mass is 9.97. The van der Waals surface area contributed by atoms with Crippen LogP contribution in [0.25, 0.3) is 16.7 Å². The SMILES string of the molecule is CC/C(=C\C(=O)O)c1ccc(-c2ccc(C)c(C)c2)cc1. The molecule has 0 bridgehead atoms. The van der Waals surface area contributed by atoms with Crippen LogP contribution < -0.4 is 0 Å². The van der Waals surface area contributed by atoms with Gasteiger partial charge in [-0.25, -0.2) is 4.79 Å². The van der Waals surface area contributed by atoms with Crippen LogP contribution in [-0.2, 0) is 4.79 Å². The van der Waals surface area contributed by atoms with Crippen LogP contribution in [0, 0.1) is 13.8 Å². The summed E-state index contributed by atoms with van der Waals surface area (Å²) in [4.78, 5) is 10.8. The molecule has 0 aliphatic heterocycles. The summed E-state index contributed by atoms with van der Waals surface area (Å²) in [6, 6.07) is 14.5. The van der Waals surface area contributed by atoms with Gasteiger partial charge in [0, 0.05) is 6.08 Å². The van der Waals surface area contributed by atoms with Gasteiger partial charge in [-0.15, -0.1) is 0 Å². The third-order valence-corrected chi connectivity index (χ3v) is 3.77. The molecule has 0 aromatic heterocycles. The number of rotatable bonds is 4. The van der Waals surface area contributed by atoms with E-state index in [9.17, 15) is 4.79 Å². The Morgan fingerprint density at radius 3 is 2.14 bits per heavy atom. The van der Waals surface area contributed by atoms with Crippen LogP contribution in [0.3, 0.4) is 0 Å². The fourth-order valence-corrected chi connectivity index (χ4v) is 2.34. The molecule has 0 aliphatic rings. The molecule has 2 heteroatoms. The van der Waals surface area contributed by atoms with Crippen LogP contribution in [0.4, 0.5) is 0 Å². The Morgan fingerprint density at radius 2 is 1.62 bits per heavy atom. The number of carboxylic acids is 1. The first-order valence-electron chi connectivity index (χ1n) is 7.13. The summed E-state index contributed by atoms with van der Waals surface area (Å²) < 4.78 is 0. The fourth-order valence-electron chi connectivity index (χ4n) is 2.34.